The highest BCUT2D eigenvalue weighted by Crippen LogP contribution is 2.33. The minimum atomic E-state index is -5.31. The first-order valence-electron chi connectivity index (χ1n) is 6.30. The van der Waals surface area contributed by atoms with Crippen molar-refractivity contribution in [3.05, 3.63) is 45.7 Å². The van der Waals surface area contributed by atoms with Gasteiger partial charge in [0.25, 0.3) is 10.1 Å². The standard InChI is InChI=1S/C11H9F4N3O6S2/c1-2-25(19,20)23-4-3-5-24-26(21,22)11-8(14)6(12)10(17-18-16)7(13)9(11)15/h2H,1,3-5H2. The lowest BCUT2D eigenvalue weighted by molar-refractivity contribution is 0.254. The van der Waals surface area contributed by atoms with E-state index in [9.17, 15) is 34.4 Å². The molecule has 15 heteroatoms. The molecule has 0 aliphatic heterocycles. The molecule has 0 atom stereocenters. The summed E-state index contributed by atoms with van der Waals surface area (Å²) < 4.78 is 108. The van der Waals surface area contributed by atoms with Gasteiger partial charge in [0, 0.05) is 4.91 Å². The van der Waals surface area contributed by atoms with Crippen LogP contribution in [-0.2, 0) is 28.6 Å². The van der Waals surface area contributed by atoms with E-state index in [4.69, 9.17) is 5.53 Å². The second-order valence-corrected chi connectivity index (χ2v) is 7.34. The zero-order chi connectivity index (χ0) is 20.1. The Hall–Kier alpha value is -2.19. The van der Waals surface area contributed by atoms with Crippen LogP contribution >= 0.6 is 0 Å². The lowest BCUT2D eigenvalue weighted by Crippen LogP contribution is -2.15. The molecule has 144 valence electrons. The maximum atomic E-state index is 13.8. The van der Waals surface area contributed by atoms with E-state index >= 15 is 0 Å². The molecule has 0 spiro atoms. The molecule has 0 unspecified atom stereocenters. The highest BCUT2D eigenvalue weighted by atomic mass is 32.2. The molecule has 0 amide bonds. The molecule has 0 fully saturated rings. The fourth-order valence-corrected chi connectivity index (χ4v) is 2.98. The largest absolute Gasteiger partial charge is 0.303 e. The molecule has 1 aromatic carbocycles. The van der Waals surface area contributed by atoms with Crippen LogP contribution in [0.25, 0.3) is 10.4 Å². The summed E-state index contributed by atoms with van der Waals surface area (Å²) in [7, 11) is -9.33. The van der Waals surface area contributed by atoms with Gasteiger partial charge in [-0.1, -0.05) is 11.7 Å². The quantitative estimate of drug-likeness (QED) is 0.115. The Bertz CT molecular complexity index is 945. The van der Waals surface area contributed by atoms with Crippen molar-refractivity contribution >= 4 is 25.9 Å². The molecule has 0 saturated heterocycles. The van der Waals surface area contributed by atoms with E-state index in [1.807, 2.05) is 4.91 Å². The van der Waals surface area contributed by atoms with Crippen molar-refractivity contribution in [3.63, 3.8) is 0 Å². The smallest absolute Gasteiger partial charge is 0.267 e. The SMILES string of the molecule is C=CS(=O)(=O)OCCCOS(=O)(=O)c1c(F)c(F)c(N=[N+]=[N-])c(F)c1F. The van der Waals surface area contributed by atoms with E-state index < -0.39 is 67.3 Å². The van der Waals surface area contributed by atoms with Gasteiger partial charge in [-0.15, -0.1) is 0 Å². The summed E-state index contributed by atoms with van der Waals surface area (Å²) in [5.41, 5.74) is 6.41. The summed E-state index contributed by atoms with van der Waals surface area (Å²) in [5.74, 6) is -9.16. The van der Waals surface area contributed by atoms with E-state index in [0.29, 0.717) is 5.41 Å². The van der Waals surface area contributed by atoms with E-state index in [1.165, 1.54) is 0 Å². The van der Waals surface area contributed by atoms with E-state index in [-0.39, 0.29) is 6.42 Å². The average Bonchev–Trinajstić information content (AvgIpc) is 2.56. The molecule has 0 saturated carbocycles. The van der Waals surface area contributed by atoms with Crippen molar-refractivity contribution < 1.29 is 42.8 Å². The van der Waals surface area contributed by atoms with Crippen molar-refractivity contribution in [2.75, 3.05) is 13.2 Å². The molecule has 0 radical (unpaired) electrons. The Morgan fingerprint density at radius 2 is 1.50 bits per heavy atom. The number of halogens is 4. The minimum absolute atomic E-state index is 0.378. The molecule has 0 aliphatic carbocycles. The van der Waals surface area contributed by atoms with Crippen molar-refractivity contribution in [2.24, 2.45) is 5.11 Å². The number of hydrogen-bond acceptors (Lipinski definition) is 7. The van der Waals surface area contributed by atoms with Crippen molar-refractivity contribution in [3.8, 4) is 0 Å². The molecule has 0 bridgehead atoms. The van der Waals surface area contributed by atoms with Gasteiger partial charge < -0.3 is 0 Å². The Morgan fingerprint density at radius 3 is 1.96 bits per heavy atom. The average molecular weight is 419 g/mol. The van der Waals surface area contributed by atoms with Crippen LogP contribution in [0.1, 0.15) is 6.42 Å². The van der Waals surface area contributed by atoms with Gasteiger partial charge in [0.05, 0.1) is 18.6 Å². The Kier molecular flexibility index (Phi) is 7.11. The zero-order valence-corrected chi connectivity index (χ0v) is 14.2. The van der Waals surface area contributed by atoms with Gasteiger partial charge >= 0.3 is 10.1 Å². The molecule has 26 heavy (non-hydrogen) atoms. The van der Waals surface area contributed by atoms with Crippen LogP contribution in [0.2, 0.25) is 0 Å². The first-order valence-corrected chi connectivity index (χ1v) is 9.18. The summed E-state index contributed by atoms with van der Waals surface area (Å²) in [6, 6.07) is 0. The van der Waals surface area contributed by atoms with Crippen LogP contribution < -0.4 is 0 Å². The first kappa shape index (κ1) is 21.9. The van der Waals surface area contributed by atoms with E-state index in [0.717, 1.165) is 0 Å². The number of rotatable bonds is 9. The van der Waals surface area contributed by atoms with Crippen LogP contribution in [-0.4, -0.2) is 30.0 Å². The summed E-state index contributed by atoms with van der Waals surface area (Å²) in [4.78, 5) is -0.106. The van der Waals surface area contributed by atoms with E-state index in [2.05, 4.69) is 20.1 Å². The summed E-state index contributed by atoms with van der Waals surface area (Å²) >= 11 is 0. The fraction of sp³-hybridized carbons (Fsp3) is 0.273. The highest BCUT2D eigenvalue weighted by molar-refractivity contribution is 7.89. The van der Waals surface area contributed by atoms with Gasteiger partial charge in [-0.3, -0.25) is 8.37 Å². The summed E-state index contributed by atoms with van der Waals surface area (Å²) in [5, 5.41) is 2.88. The van der Waals surface area contributed by atoms with Crippen LogP contribution in [0, 0.1) is 23.3 Å². The number of benzene rings is 1. The maximum Gasteiger partial charge on any atom is 0.303 e. The van der Waals surface area contributed by atoms with Gasteiger partial charge in [-0.25, -0.2) is 17.6 Å². The lowest BCUT2D eigenvalue weighted by atomic mass is 10.2. The molecule has 1 rings (SSSR count). The maximum absolute atomic E-state index is 13.8. The molecule has 0 heterocycles. The minimum Gasteiger partial charge on any atom is -0.267 e. The predicted octanol–water partition coefficient (Wildman–Crippen LogP) is 2.77. The van der Waals surface area contributed by atoms with Crippen molar-refractivity contribution in [1.82, 2.24) is 0 Å². The van der Waals surface area contributed by atoms with Gasteiger partial charge in [-0.05, 0) is 12.0 Å². The normalized spacial score (nSPS) is 11.8. The third-order valence-corrected chi connectivity index (χ3v) is 4.81. The predicted molar refractivity (Wildman–Crippen MR) is 77.9 cm³/mol. The fourth-order valence-electron chi connectivity index (χ4n) is 1.46. The molecule has 1 aromatic rings. The van der Waals surface area contributed by atoms with Crippen LogP contribution in [0.3, 0.4) is 0 Å². The molecule has 0 aromatic heterocycles. The van der Waals surface area contributed by atoms with Crippen LogP contribution in [0.4, 0.5) is 23.2 Å². The second kappa shape index (κ2) is 8.46. The van der Waals surface area contributed by atoms with Gasteiger partial charge in [0.15, 0.2) is 28.2 Å². The first-order chi connectivity index (χ1) is 12.0. The van der Waals surface area contributed by atoms with Crippen molar-refractivity contribution in [1.29, 1.82) is 0 Å². The summed E-state index contributed by atoms with van der Waals surface area (Å²) in [6.45, 7) is 1.56. The van der Waals surface area contributed by atoms with Crippen LogP contribution in [0.5, 0.6) is 0 Å². The highest BCUT2D eigenvalue weighted by Gasteiger charge is 2.33. The molecule has 0 N–H and O–H groups in total. The lowest BCUT2D eigenvalue weighted by Gasteiger charge is -2.10. The topological polar surface area (TPSA) is 136 Å². The van der Waals surface area contributed by atoms with Gasteiger partial charge in [0.2, 0.25) is 0 Å². The Morgan fingerprint density at radius 1 is 1.00 bits per heavy atom. The third-order valence-electron chi connectivity index (χ3n) is 2.57. The number of nitrogens with zero attached hydrogens (tertiary/aromatic N) is 3. The number of hydrogen-bond donors (Lipinski definition) is 0. The molecular weight excluding hydrogens is 410 g/mol. The monoisotopic (exact) mass is 419 g/mol. The van der Waals surface area contributed by atoms with E-state index in [1.54, 1.807) is 0 Å². The second-order valence-electron chi connectivity index (χ2n) is 4.23. The van der Waals surface area contributed by atoms with Crippen molar-refractivity contribution in [2.45, 2.75) is 11.3 Å². The number of azide groups is 1. The summed E-state index contributed by atoms with van der Waals surface area (Å²) in [6.07, 6.45) is -0.378. The molecule has 9 nitrogen and oxygen atoms in total. The van der Waals surface area contributed by atoms with Crippen LogP contribution in [0.15, 0.2) is 22.0 Å². The van der Waals surface area contributed by atoms with Gasteiger partial charge in [-0.2, -0.15) is 16.8 Å². The zero-order valence-electron chi connectivity index (χ0n) is 12.5. The Balaban J connectivity index is 3.03. The third kappa shape index (κ3) is 4.92. The molecular formula is C11H9F4N3O6S2. The Labute approximate surface area is 144 Å². The van der Waals surface area contributed by atoms with Gasteiger partial charge in [0.1, 0.15) is 5.69 Å². The molecule has 0 aliphatic rings.